The number of halogens is 1. The average molecular weight is 292 g/mol. The van der Waals surface area contributed by atoms with Crippen LogP contribution in [0.4, 0.5) is 0 Å². The van der Waals surface area contributed by atoms with Crippen LogP contribution < -0.4 is 0 Å². The molecular weight excluding hydrogens is 274 g/mol. The zero-order valence-corrected chi connectivity index (χ0v) is 12.4. The molecule has 0 amide bonds. The summed E-state index contributed by atoms with van der Waals surface area (Å²) in [6.45, 7) is 8.69. The van der Waals surface area contributed by atoms with E-state index in [0.717, 1.165) is 10.8 Å². The van der Waals surface area contributed by atoms with Crippen LogP contribution in [0.25, 0.3) is 10.9 Å². The third-order valence-corrected chi connectivity index (χ3v) is 3.95. The van der Waals surface area contributed by atoms with Crippen molar-refractivity contribution in [2.45, 2.75) is 38.9 Å². The molecule has 1 aromatic carbocycles. The Labute approximate surface area is 111 Å². The number of nitrogens with zero attached hydrogens (tertiary/aromatic N) is 1. The molecule has 2 heteroatoms. The van der Waals surface area contributed by atoms with E-state index in [1.54, 1.807) is 0 Å². The second kappa shape index (κ2) is 4.77. The van der Waals surface area contributed by atoms with E-state index in [0.29, 0.717) is 5.92 Å². The molecule has 1 nitrogen and oxygen atoms in total. The van der Waals surface area contributed by atoms with Crippen LogP contribution >= 0.6 is 15.9 Å². The molecule has 0 spiro atoms. The molecule has 0 aliphatic rings. The summed E-state index contributed by atoms with van der Waals surface area (Å²) in [5.41, 5.74) is 6.28. The van der Waals surface area contributed by atoms with Crippen LogP contribution in [0.1, 0.15) is 42.1 Å². The first-order chi connectivity index (χ1) is 8.04. The molecule has 0 radical (unpaired) electrons. The van der Waals surface area contributed by atoms with Gasteiger partial charge in [0.1, 0.15) is 0 Å². The molecular formula is C15H18BrN. The third-order valence-electron chi connectivity index (χ3n) is 3.35. The predicted molar refractivity (Wildman–Crippen MR) is 77.9 cm³/mol. The molecule has 2 aromatic rings. The maximum Gasteiger partial charge on any atom is 0.0740 e. The monoisotopic (exact) mass is 291 g/mol. The van der Waals surface area contributed by atoms with Crippen LogP contribution in [0.15, 0.2) is 18.2 Å². The van der Waals surface area contributed by atoms with Crippen LogP contribution in [0.5, 0.6) is 0 Å². The first-order valence-electron chi connectivity index (χ1n) is 6.00. The number of benzene rings is 1. The van der Waals surface area contributed by atoms with E-state index in [4.69, 9.17) is 4.98 Å². The van der Waals surface area contributed by atoms with E-state index in [-0.39, 0.29) is 0 Å². The number of pyridine rings is 1. The number of alkyl halides is 1. The van der Waals surface area contributed by atoms with Gasteiger partial charge in [-0.2, -0.15) is 0 Å². The van der Waals surface area contributed by atoms with Crippen LogP contribution in [-0.2, 0) is 5.33 Å². The fourth-order valence-electron chi connectivity index (χ4n) is 2.03. The molecule has 1 heterocycles. The molecule has 0 saturated heterocycles. The highest BCUT2D eigenvalue weighted by molar-refractivity contribution is 9.08. The van der Waals surface area contributed by atoms with E-state index in [1.165, 1.54) is 27.8 Å². The molecule has 0 fully saturated rings. The lowest BCUT2D eigenvalue weighted by Gasteiger charge is -2.13. The zero-order valence-electron chi connectivity index (χ0n) is 10.8. The van der Waals surface area contributed by atoms with Gasteiger partial charge in [-0.1, -0.05) is 41.9 Å². The summed E-state index contributed by atoms with van der Waals surface area (Å²) in [4.78, 5) is 4.82. The highest BCUT2D eigenvalue weighted by Gasteiger charge is 2.10. The lowest BCUT2D eigenvalue weighted by molar-refractivity contribution is 0.827. The van der Waals surface area contributed by atoms with Gasteiger partial charge in [-0.05, 0) is 42.5 Å². The largest absolute Gasteiger partial charge is 0.252 e. The first kappa shape index (κ1) is 12.6. The topological polar surface area (TPSA) is 12.9 Å². The SMILES string of the molecule is Cc1ccc2c(CBr)cc(C(C)C)nc2c1C. The molecule has 17 heavy (non-hydrogen) atoms. The van der Waals surface area contributed by atoms with Gasteiger partial charge in [0.05, 0.1) is 5.52 Å². The van der Waals surface area contributed by atoms with Crippen molar-refractivity contribution in [1.82, 2.24) is 4.98 Å². The van der Waals surface area contributed by atoms with Crippen LogP contribution in [0, 0.1) is 13.8 Å². The van der Waals surface area contributed by atoms with Gasteiger partial charge in [0, 0.05) is 16.4 Å². The second-order valence-electron chi connectivity index (χ2n) is 4.90. The van der Waals surface area contributed by atoms with E-state index < -0.39 is 0 Å². The molecule has 0 saturated carbocycles. The Balaban J connectivity index is 2.83. The van der Waals surface area contributed by atoms with Crippen molar-refractivity contribution in [1.29, 1.82) is 0 Å². The molecule has 0 aliphatic heterocycles. The van der Waals surface area contributed by atoms with Gasteiger partial charge in [-0.25, -0.2) is 0 Å². The Kier molecular flexibility index (Phi) is 3.53. The number of hydrogen-bond acceptors (Lipinski definition) is 1. The first-order valence-corrected chi connectivity index (χ1v) is 7.12. The minimum atomic E-state index is 0.470. The van der Waals surface area contributed by atoms with Crippen LogP contribution in [0.3, 0.4) is 0 Å². The van der Waals surface area contributed by atoms with Crippen molar-refractivity contribution in [2.75, 3.05) is 0 Å². The molecule has 0 unspecified atom stereocenters. The Bertz CT molecular complexity index is 558. The summed E-state index contributed by atoms with van der Waals surface area (Å²) < 4.78 is 0. The van der Waals surface area contributed by atoms with Crippen molar-refractivity contribution in [3.63, 3.8) is 0 Å². The van der Waals surface area contributed by atoms with Gasteiger partial charge in [0.15, 0.2) is 0 Å². The van der Waals surface area contributed by atoms with E-state index >= 15 is 0 Å². The van der Waals surface area contributed by atoms with Crippen LogP contribution in [0.2, 0.25) is 0 Å². The number of hydrogen-bond donors (Lipinski definition) is 0. The minimum absolute atomic E-state index is 0.470. The van der Waals surface area contributed by atoms with E-state index in [2.05, 4.69) is 61.8 Å². The minimum Gasteiger partial charge on any atom is -0.252 e. The molecule has 0 N–H and O–H groups in total. The predicted octanol–water partition coefficient (Wildman–Crippen LogP) is 4.87. The lowest BCUT2D eigenvalue weighted by Crippen LogP contribution is -1.98. The van der Waals surface area contributed by atoms with Crippen LogP contribution in [-0.4, -0.2) is 4.98 Å². The maximum atomic E-state index is 4.82. The third kappa shape index (κ3) is 2.23. The Morgan fingerprint density at radius 2 is 1.94 bits per heavy atom. The molecule has 2 rings (SSSR count). The summed E-state index contributed by atoms with van der Waals surface area (Å²) in [5, 5.41) is 2.16. The number of fused-ring (bicyclic) bond motifs is 1. The van der Waals surface area contributed by atoms with Gasteiger partial charge in [-0.3, -0.25) is 4.98 Å². The summed E-state index contributed by atoms with van der Waals surface area (Å²) in [6, 6.07) is 6.59. The quantitative estimate of drug-likeness (QED) is 0.720. The highest BCUT2D eigenvalue weighted by atomic mass is 79.9. The Morgan fingerprint density at radius 3 is 2.53 bits per heavy atom. The molecule has 90 valence electrons. The van der Waals surface area contributed by atoms with Crippen molar-refractivity contribution in [3.05, 3.63) is 40.6 Å². The fourth-order valence-corrected chi connectivity index (χ4v) is 2.49. The number of rotatable bonds is 2. The fraction of sp³-hybridized carbons (Fsp3) is 0.400. The van der Waals surface area contributed by atoms with E-state index in [1.807, 2.05) is 0 Å². The molecule has 0 bridgehead atoms. The number of aromatic nitrogens is 1. The highest BCUT2D eigenvalue weighted by Crippen LogP contribution is 2.27. The van der Waals surface area contributed by atoms with E-state index in [9.17, 15) is 0 Å². The van der Waals surface area contributed by atoms with Crippen molar-refractivity contribution < 1.29 is 0 Å². The van der Waals surface area contributed by atoms with Gasteiger partial charge in [-0.15, -0.1) is 0 Å². The Morgan fingerprint density at radius 1 is 1.24 bits per heavy atom. The maximum absolute atomic E-state index is 4.82. The molecule has 0 aliphatic carbocycles. The smallest absolute Gasteiger partial charge is 0.0740 e. The van der Waals surface area contributed by atoms with Crippen molar-refractivity contribution >= 4 is 26.8 Å². The standard InChI is InChI=1S/C15H18BrN/c1-9(2)14-7-12(8-16)13-6-5-10(3)11(4)15(13)17-14/h5-7,9H,8H2,1-4H3. The number of aryl methyl sites for hydroxylation is 2. The normalized spacial score (nSPS) is 11.4. The summed E-state index contributed by atoms with van der Waals surface area (Å²) in [6.07, 6.45) is 0. The lowest BCUT2D eigenvalue weighted by atomic mass is 9.99. The summed E-state index contributed by atoms with van der Waals surface area (Å²) in [7, 11) is 0. The zero-order chi connectivity index (χ0) is 12.6. The second-order valence-corrected chi connectivity index (χ2v) is 5.46. The molecule has 1 aromatic heterocycles. The van der Waals surface area contributed by atoms with Crippen molar-refractivity contribution in [2.24, 2.45) is 0 Å². The summed E-state index contributed by atoms with van der Waals surface area (Å²) in [5.74, 6) is 0.470. The van der Waals surface area contributed by atoms with Gasteiger partial charge < -0.3 is 0 Å². The Hall–Kier alpha value is -0.890. The van der Waals surface area contributed by atoms with Gasteiger partial charge in [0.2, 0.25) is 0 Å². The van der Waals surface area contributed by atoms with Crippen molar-refractivity contribution in [3.8, 4) is 0 Å². The molecule has 0 atom stereocenters. The summed E-state index contributed by atoms with van der Waals surface area (Å²) >= 11 is 3.58. The average Bonchev–Trinajstić information content (AvgIpc) is 2.32. The van der Waals surface area contributed by atoms with Gasteiger partial charge in [0.25, 0.3) is 0 Å². The van der Waals surface area contributed by atoms with Gasteiger partial charge >= 0.3 is 0 Å².